The van der Waals surface area contributed by atoms with Gasteiger partial charge < -0.3 is 14.8 Å². The van der Waals surface area contributed by atoms with Crippen LogP contribution in [0.25, 0.3) is 0 Å². The normalized spacial score (nSPS) is 11.0. The van der Waals surface area contributed by atoms with Crippen LogP contribution < -0.4 is 19.1 Å². The molecule has 0 radical (unpaired) electrons. The Balaban J connectivity index is 2.00. The summed E-state index contributed by atoms with van der Waals surface area (Å²) >= 11 is 0. The lowest BCUT2D eigenvalue weighted by molar-refractivity contribution is -0.114. The van der Waals surface area contributed by atoms with Gasteiger partial charge in [-0.25, -0.2) is 8.42 Å². The second-order valence-corrected chi connectivity index (χ2v) is 8.82. The van der Waals surface area contributed by atoms with Crippen molar-refractivity contribution in [2.75, 3.05) is 30.4 Å². The van der Waals surface area contributed by atoms with Crippen molar-refractivity contribution in [3.8, 4) is 11.5 Å². The molecule has 3 rings (SSSR count). The minimum atomic E-state index is -4.07. The molecule has 0 aliphatic heterocycles. The Morgan fingerprint density at radius 1 is 0.938 bits per heavy atom. The minimum absolute atomic E-state index is 0.0602. The Labute approximate surface area is 188 Å². The summed E-state index contributed by atoms with van der Waals surface area (Å²) in [5.74, 6) is 0.244. The first-order valence-electron chi connectivity index (χ1n) is 10.1. The first kappa shape index (κ1) is 23.1. The van der Waals surface area contributed by atoms with Gasteiger partial charge in [0.1, 0.15) is 18.0 Å². The molecule has 3 aromatic rings. The van der Waals surface area contributed by atoms with Crippen molar-refractivity contribution in [1.82, 2.24) is 0 Å². The second-order valence-electron chi connectivity index (χ2n) is 6.96. The van der Waals surface area contributed by atoms with Crippen LogP contribution in [0, 0.1) is 0 Å². The molecule has 8 heteroatoms. The van der Waals surface area contributed by atoms with Gasteiger partial charge in [0.2, 0.25) is 5.91 Å². The van der Waals surface area contributed by atoms with E-state index in [0.29, 0.717) is 17.2 Å². The number of anilines is 2. The Morgan fingerprint density at radius 2 is 1.62 bits per heavy atom. The van der Waals surface area contributed by atoms with Gasteiger partial charge in [-0.2, -0.15) is 0 Å². The fourth-order valence-corrected chi connectivity index (χ4v) is 4.61. The number of carbonyl (C=O) groups is 1. The van der Waals surface area contributed by atoms with Gasteiger partial charge in [0.25, 0.3) is 10.0 Å². The molecule has 0 bridgehead atoms. The number of ether oxygens (including phenoxy) is 2. The molecule has 0 fully saturated rings. The Hall–Kier alpha value is -3.52. The smallest absolute Gasteiger partial charge is 0.264 e. The SMILES string of the molecule is CCc1ccc(NC(=O)CN(c2cc(OC)ccc2OC)S(=O)(=O)c2ccccc2)cc1. The van der Waals surface area contributed by atoms with Crippen LogP contribution >= 0.6 is 0 Å². The number of hydrogen-bond donors (Lipinski definition) is 1. The van der Waals surface area contributed by atoms with Crippen molar-refractivity contribution in [2.24, 2.45) is 0 Å². The van der Waals surface area contributed by atoms with Gasteiger partial charge in [0.15, 0.2) is 0 Å². The maximum atomic E-state index is 13.5. The van der Waals surface area contributed by atoms with Crippen LogP contribution in [0.15, 0.2) is 77.7 Å². The molecule has 0 atom stereocenters. The van der Waals surface area contributed by atoms with E-state index in [1.165, 1.54) is 32.4 Å². The summed E-state index contributed by atoms with van der Waals surface area (Å²) in [4.78, 5) is 13.0. The van der Waals surface area contributed by atoms with Gasteiger partial charge in [-0.05, 0) is 48.4 Å². The third kappa shape index (κ3) is 5.20. The fourth-order valence-electron chi connectivity index (χ4n) is 3.17. The predicted octanol–water partition coefficient (Wildman–Crippen LogP) is 4.10. The van der Waals surface area contributed by atoms with E-state index in [-0.39, 0.29) is 10.6 Å². The number of amides is 1. The van der Waals surface area contributed by atoms with Gasteiger partial charge in [0, 0.05) is 11.8 Å². The van der Waals surface area contributed by atoms with Crippen LogP contribution in [0.1, 0.15) is 12.5 Å². The van der Waals surface area contributed by atoms with E-state index in [1.807, 2.05) is 19.1 Å². The number of aryl methyl sites for hydroxylation is 1. The van der Waals surface area contributed by atoms with Crippen molar-refractivity contribution in [1.29, 1.82) is 0 Å². The highest BCUT2D eigenvalue weighted by Crippen LogP contribution is 2.35. The number of sulfonamides is 1. The Bertz CT molecular complexity index is 1160. The minimum Gasteiger partial charge on any atom is -0.497 e. The number of nitrogens with one attached hydrogen (secondary N) is 1. The third-order valence-electron chi connectivity index (χ3n) is 4.92. The Morgan fingerprint density at radius 3 is 2.22 bits per heavy atom. The molecule has 168 valence electrons. The van der Waals surface area contributed by atoms with Crippen LogP contribution in [0.5, 0.6) is 11.5 Å². The number of methoxy groups -OCH3 is 2. The molecule has 1 amide bonds. The van der Waals surface area contributed by atoms with E-state index in [9.17, 15) is 13.2 Å². The molecule has 0 aliphatic rings. The average Bonchev–Trinajstić information content (AvgIpc) is 2.83. The van der Waals surface area contributed by atoms with Gasteiger partial charge in [-0.1, -0.05) is 37.3 Å². The molecule has 0 unspecified atom stereocenters. The molecule has 7 nitrogen and oxygen atoms in total. The molecule has 0 spiro atoms. The highest BCUT2D eigenvalue weighted by atomic mass is 32.2. The van der Waals surface area contributed by atoms with Crippen LogP contribution in [0.3, 0.4) is 0 Å². The van der Waals surface area contributed by atoms with Gasteiger partial charge in [0.05, 0.1) is 24.8 Å². The first-order valence-corrected chi connectivity index (χ1v) is 11.5. The number of hydrogen-bond acceptors (Lipinski definition) is 5. The van der Waals surface area contributed by atoms with Crippen molar-refractivity contribution in [3.05, 3.63) is 78.4 Å². The average molecular weight is 455 g/mol. The lowest BCUT2D eigenvalue weighted by atomic mass is 10.1. The predicted molar refractivity (Wildman–Crippen MR) is 125 cm³/mol. The summed E-state index contributed by atoms with van der Waals surface area (Å²) in [6.45, 7) is 1.59. The zero-order valence-corrected chi connectivity index (χ0v) is 19.1. The molecular formula is C24H26N2O5S. The van der Waals surface area contributed by atoms with E-state index in [4.69, 9.17) is 9.47 Å². The largest absolute Gasteiger partial charge is 0.497 e. The lowest BCUT2D eigenvalue weighted by Gasteiger charge is -2.26. The van der Waals surface area contributed by atoms with E-state index in [0.717, 1.165) is 16.3 Å². The monoisotopic (exact) mass is 454 g/mol. The summed E-state index contributed by atoms with van der Waals surface area (Å²) in [5.41, 5.74) is 1.92. The maximum Gasteiger partial charge on any atom is 0.264 e. The number of carbonyl (C=O) groups excluding carboxylic acids is 1. The molecule has 3 aromatic carbocycles. The molecule has 0 saturated carbocycles. The van der Waals surface area contributed by atoms with Crippen LogP contribution in [-0.2, 0) is 21.2 Å². The summed E-state index contributed by atoms with van der Waals surface area (Å²) < 4.78 is 38.7. The summed E-state index contributed by atoms with van der Waals surface area (Å²) in [6, 6.07) is 20.1. The summed E-state index contributed by atoms with van der Waals surface area (Å²) in [5, 5.41) is 2.77. The molecular weight excluding hydrogens is 428 g/mol. The summed E-state index contributed by atoms with van der Waals surface area (Å²) in [7, 11) is -1.15. The van der Waals surface area contributed by atoms with Gasteiger partial charge in [-0.3, -0.25) is 9.10 Å². The van der Waals surface area contributed by atoms with Crippen molar-refractivity contribution in [2.45, 2.75) is 18.2 Å². The molecule has 0 saturated heterocycles. The maximum absolute atomic E-state index is 13.5. The first-order chi connectivity index (χ1) is 15.4. The highest BCUT2D eigenvalue weighted by molar-refractivity contribution is 7.92. The topological polar surface area (TPSA) is 84.9 Å². The van der Waals surface area contributed by atoms with Crippen LogP contribution in [0.2, 0.25) is 0 Å². The highest BCUT2D eigenvalue weighted by Gasteiger charge is 2.30. The molecule has 0 aromatic heterocycles. The van der Waals surface area contributed by atoms with E-state index in [1.54, 1.807) is 42.5 Å². The zero-order valence-electron chi connectivity index (χ0n) is 18.2. The van der Waals surface area contributed by atoms with Crippen LogP contribution in [0.4, 0.5) is 11.4 Å². The van der Waals surface area contributed by atoms with Crippen molar-refractivity contribution >= 4 is 27.3 Å². The van der Waals surface area contributed by atoms with Gasteiger partial charge in [-0.15, -0.1) is 0 Å². The summed E-state index contributed by atoms with van der Waals surface area (Å²) in [6.07, 6.45) is 0.882. The second kappa shape index (κ2) is 10.2. The van der Waals surface area contributed by atoms with E-state index >= 15 is 0 Å². The van der Waals surface area contributed by atoms with E-state index in [2.05, 4.69) is 5.32 Å². The third-order valence-corrected chi connectivity index (χ3v) is 6.69. The standard InChI is InChI=1S/C24H26N2O5S/c1-4-18-10-12-19(13-11-18)25-24(27)17-26(32(28,29)21-8-6-5-7-9-21)22-16-20(30-2)14-15-23(22)31-3/h5-16H,4,17H2,1-3H3,(H,25,27). The zero-order chi connectivity index (χ0) is 23.1. The lowest BCUT2D eigenvalue weighted by Crippen LogP contribution is -2.38. The van der Waals surface area contributed by atoms with Crippen molar-refractivity contribution in [3.63, 3.8) is 0 Å². The molecule has 1 N–H and O–H groups in total. The number of benzene rings is 3. The molecule has 32 heavy (non-hydrogen) atoms. The van der Waals surface area contributed by atoms with Crippen LogP contribution in [-0.4, -0.2) is 35.1 Å². The number of rotatable bonds is 9. The molecule has 0 heterocycles. The number of nitrogens with zero attached hydrogens (tertiary/aromatic N) is 1. The van der Waals surface area contributed by atoms with E-state index < -0.39 is 22.5 Å². The van der Waals surface area contributed by atoms with Gasteiger partial charge >= 0.3 is 0 Å². The molecule has 0 aliphatic carbocycles. The van der Waals surface area contributed by atoms with Crippen molar-refractivity contribution < 1.29 is 22.7 Å². The fraction of sp³-hybridized carbons (Fsp3) is 0.208. The quantitative estimate of drug-likeness (QED) is 0.526. The Kier molecular flexibility index (Phi) is 7.37.